The molecule has 9 aromatic rings. The molecule has 10 rings (SSSR count). The predicted molar refractivity (Wildman–Crippen MR) is 211 cm³/mol. The summed E-state index contributed by atoms with van der Waals surface area (Å²) in [4.78, 5) is 15.6. The Hall–Kier alpha value is -6.67. The van der Waals surface area contributed by atoms with Crippen LogP contribution in [0.25, 0.3) is 61.0 Å². The Morgan fingerprint density at radius 3 is 2.15 bits per heavy atom. The number of hydrogen-bond acceptors (Lipinski definition) is 3. The Morgan fingerprint density at radius 1 is 0.648 bits per heavy atom. The average Bonchev–Trinajstić information content (AvgIpc) is 3.77. The number of para-hydroxylation sites is 4. The molecule has 0 saturated heterocycles. The molecule has 0 spiro atoms. The fourth-order valence-corrected chi connectivity index (χ4v) is 8.25. The van der Waals surface area contributed by atoms with E-state index >= 15 is 0 Å². The van der Waals surface area contributed by atoms with Crippen molar-refractivity contribution in [3.63, 3.8) is 0 Å². The van der Waals surface area contributed by atoms with Gasteiger partial charge in [0, 0.05) is 44.7 Å². The smallest absolute Gasteiger partial charge is 0.354 e. The van der Waals surface area contributed by atoms with Crippen molar-refractivity contribution in [3.8, 4) is 28.2 Å². The van der Waals surface area contributed by atoms with E-state index in [2.05, 4.69) is 107 Å². The normalized spacial score (nSPS) is 13.8. The van der Waals surface area contributed by atoms with Crippen LogP contribution in [0.4, 0.5) is 30.4 Å². The standard InChI is InChI=1S/C46H32F3N5/c1-45(2)35-23-21-28(26-39(35)54(41-20-8-9-25-50-41)40-27-29(46(47,48)49)22-24-36(40)45)31-15-11-19-38-43(31)52-44(53(38)30-12-4-3-5-13-30)34-17-10-16-33-32-14-6-7-18-37(32)51-42(33)34/h3-27,51H,1-2H3. The van der Waals surface area contributed by atoms with Gasteiger partial charge in [0.05, 0.1) is 33.5 Å². The third-order valence-corrected chi connectivity index (χ3v) is 10.8. The lowest BCUT2D eigenvalue weighted by atomic mass is 9.73. The topological polar surface area (TPSA) is 49.7 Å². The quantitative estimate of drug-likeness (QED) is 0.198. The highest BCUT2D eigenvalue weighted by Crippen LogP contribution is 2.53. The summed E-state index contributed by atoms with van der Waals surface area (Å²) in [5.74, 6) is 1.33. The molecule has 54 heavy (non-hydrogen) atoms. The summed E-state index contributed by atoms with van der Waals surface area (Å²) in [7, 11) is 0. The maximum atomic E-state index is 14.2. The minimum Gasteiger partial charge on any atom is -0.354 e. The van der Waals surface area contributed by atoms with Crippen molar-refractivity contribution < 1.29 is 13.2 Å². The molecule has 1 aliphatic heterocycles. The van der Waals surface area contributed by atoms with Crippen LogP contribution < -0.4 is 4.90 Å². The van der Waals surface area contributed by atoms with Crippen LogP contribution in [0.1, 0.15) is 30.5 Å². The average molecular weight is 712 g/mol. The summed E-state index contributed by atoms with van der Waals surface area (Å²) in [5.41, 5.74) is 9.26. The zero-order valence-electron chi connectivity index (χ0n) is 29.4. The number of rotatable bonds is 4. The van der Waals surface area contributed by atoms with Crippen molar-refractivity contribution in [2.24, 2.45) is 0 Å². The molecule has 0 radical (unpaired) electrons. The van der Waals surface area contributed by atoms with Gasteiger partial charge in [-0.2, -0.15) is 13.2 Å². The van der Waals surface area contributed by atoms with E-state index in [9.17, 15) is 13.2 Å². The van der Waals surface area contributed by atoms with Gasteiger partial charge in [0.25, 0.3) is 0 Å². The van der Waals surface area contributed by atoms with Crippen LogP contribution in [-0.2, 0) is 11.6 Å². The third kappa shape index (κ3) is 4.79. The molecule has 0 aliphatic carbocycles. The van der Waals surface area contributed by atoms with Gasteiger partial charge >= 0.3 is 6.18 Å². The third-order valence-electron chi connectivity index (χ3n) is 10.8. The van der Waals surface area contributed by atoms with Gasteiger partial charge in [-0.3, -0.25) is 9.47 Å². The van der Waals surface area contributed by atoms with Gasteiger partial charge < -0.3 is 4.98 Å². The van der Waals surface area contributed by atoms with Crippen molar-refractivity contribution in [3.05, 3.63) is 168 Å². The van der Waals surface area contributed by atoms with Crippen LogP contribution in [0.3, 0.4) is 0 Å². The first-order valence-corrected chi connectivity index (χ1v) is 17.8. The van der Waals surface area contributed by atoms with E-state index in [1.807, 2.05) is 47.4 Å². The zero-order valence-corrected chi connectivity index (χ0v) is 29.4. The van der Waals surface area contributed by atoms with E-state index in [4.69, 9.17) is 4.98 Å². The summed E-state index contributed by atoms with van der Waals surface area (Å²) >= 11 is 0. The minimum atomic E-state index is -4.50. The summed E-state index contributed by atoms with van der Waals surface area (Å²) in [6, 6.07) is 46.8. The summed E-state index contributed by atoms with van der Waals surface area (Å²) in [6.07, 6.45) is -2.84. The number of aromatic amines is 1. The molecule has 0 saturated carbocycles. The van der Waals surface area contributed by atoms with Gasteiger partial charge in [0.1, 0.15) is 11.6 Å². The van der Waals surface area contributed by atoms with Crippen molar-refractivity contribution in [2.45, 2.75) is 25.4 Å². The van der Waals surface area contributed by atoms with Crippen molar-refractivity contribution in [2.75, 3.05) is 4.90 Å². The Labute approximate surface area is 309 Å². The Balaban J connectivity index is 1.22. The van der Waals surface area contributed by atoms with E-state index in [1.54, 1.807) is 18.3 Å². The van der Waals surface area contributed by atoms with E-state index < -0.39 is 17.2 Å². The number of halogens is 3. The molecular weight excluding hydrogens is 680 g/mol. The molecule has 6 aromatic carbocycles. The predicted octanol–water partition coefficient (Wildman–Crippen LogP) is 12.5. The number of H-pyrrole nitrogens is 1. The van der Waals surface area contributed by atoms with Gasteiger partial charge in [-0.1, -0.05) is 98.8 Å². The number of benzene rings is 6. The fourth-order valence-electron chi connectivity index (χ4n) is 8.25. The number of anilines is 3. The molecule has 0 atom stereocenters. The SMILES string of the molecule is CC1(C)c2ccc(-c3cccc4c3nc(-c3cccc5c3[nH]c3ccccc35)n4-c3ccccc3)cc2N(c2ccccn2)c2cc(C(F)(F)F)ccc21. The highest BCUT2D eigenvalue weighted by atomic mass is 19.4. The number of fused-ring (bicyclic) bond motifs is 6. The number of nitrogens with zero attached hydrogens (tertiary/aromatic N) is 4. The molecule has 5 nitrogen and oxygen atoms in total. The monoisotopic (exact) mass is 711 g/mol. The van der Waals surface area contributed by atoms with Gasteiger partial charge in [-0.25, -0.2) is 9.97 Å². The molecule has 1 N–H and O–H groups in total. The maximum absolute atomic E-state index is 14.2. The lowest BCUT2D eigenvalue weighted by molar-refractivity contribution is -0.137. The first kappa shape index (κ1) is 32.0. The number of nitrogens with one attached hydrogen (secondary N) is 1. The molecule has 0 fully saturated rings. The Bertz CT molecular complexity index is 2910. The number of alkyl halides is 3. The Kier molecular flexibility index (Phi) is 6.92. The maximum Gasteiger partial charge on any atom is 0.416 e. The summed E-state index contributed by atoms with van der Waals surface area (Å²) < 4.78 is 44.8. The second kappa shape index (κ2) is 11.7. The van der Waals surface area contributed by atoms with Crippen LogP contribution in [0.2, 0.25) is 0 Å². The van der Waals surface area contributed by atoms with E-state index in [0.717, 1.165) is 77.9 Å². The first-order chi connectivity index (χ1) is 26.2. The zero-order chi connectivity index (χ0) is 36.8. The van der Waals surface area contributed by atoms with Crippen LogP contribution in [-0.4, -0.2) is 19.5 Å². The minimum absolute atomic E-state index is 0.457. The number of imidazole rings is 1. The highest BCUT2D eigenvalue weighted by Gasteiger charge is 2.40. The molecule has 1 aliphatic rings. The molecule has 0 amide bonds. The fraction of sp³-hybridized carbons (Fsp3) is 0.0870. The first-order valence-electron chi connectivity index (χ1n) is 17.8. The summed E-state index contributed by atoms with van der Waals surface area (Å²) in [6.45, 7) is 4.12. The number of pyridine rings is 1. The van der Waals surface area contributed by atoms with Gasteiger partial charge in [-0.05, 0) is 77.4 Å². The molecule has 3 aromatic heterocycles. The van der Waals surface area contributed by atoms with Crippen LogP contribution >= 0.6 is 0 Å². The molecule has 4 heterocycles. The van der Waals surface area contributed by atoms with Crippen LogP contribution in [0.15, 0.2) is 152 Å². The lowest BCUT2D eigenvalue weighted by Gasteiger charge is -2.42. The van der Waals surface area contributed by atoms with Crippen molar-refractivity contribution in [1.82, 2.24) is 19.5 Å². The van der Waals surface area contributed by atoms with E-state index in [0.29, 0.717) is 11.5 Å². The largest absolute Gasteiger partial charge is 0.416 e. The summed E-state index contributed by atoms with van der Waals surface area (Å²) in [5, 5.41) is 2.27. The highest BCUT2D eigenvalue weighted by molar-refractivity contribution is 6.12. The van der Waals surface area contributed by atoms with Crippen LogP contribution in [0, 0.1) is 0 Å². The molecule has 0 bridgehead atoms. The van der Waals surface area contributed by atoms with E-state index in [1.165, 1.54) is 12.1 Å². The number of aromatic nitrogens is 4. The van der Waals surface area contributed by atoms with E-state index in [-0.39, 0.29) is 0 Å². The second-order valence-electron chi connectivity index (χ2n) is 14.3. The molecule has 0 unspecified atom stereocenters. The van der Waals surface area contributed by atoms with Gasteiger partial charge in [0.2, 0.25) is 0 Å². The number of hydrogen-bond donors (Lipinski definition) is 1. The lowest BCUT2D eigenvalue weighted by Crippen LogP contribution is -2.31. The van der Waals surface area contributed by atoms with Crippen LogP contribution in [0.5, 0.6) is 0 Å². The second-order valence-corrected chi connectivity index (χ2v) is 14.3. The van der Waals surface area contributed by atoms with Gasteiger partial charge in [-0.15, -0.1) is 0 Å². The Morgan fingerprint density at radius 2 is 1.35 bits per heavy atom. The van der Waals surface area contributed by atoms with Crippen molar-refractivity contribution in [1.29, 1.82) is 0 Å². The van der Waals surface area contributed by atoms with Crippen molar-refractivity contribution >= 4 is 50.0 Å². The molecular formula is C46H32F3N5. The molecule has 8 heteroatoms. The molecule has 262 valence electrons. The van der Waals surface area contributed by atoms with Gasteiger partial charge in [0.15, 0.2) is 0 Å².